The minimum absolute atomic E-state index is 0.121. The minimum Gasteiger partial charge on any atom is -0.494 e. The van der Waals surface area contributed by atoms with Gasteiger partial charge in [0.1, 0.15) is 18.1 Å². The number of benzene rings is 1. The van der Waals surface area contributed by atoms with Crippen molar-refractivity contribution in [2.24, 2.45) is 5.92 Å². The molecule has 5 heteroatoms. The molecule has 1 aliphatic carbocycles. The van der Waals surface area contributed by atoms with Crippen molar-refractivity contribution in [3.63, 3.8) is 0 Å². The molecule has 1 aliphatic rings. The van der Waals surface area contributed by atoms with Gasteiger partial charge in [0, 0.05) is 6.07 Å². The number of carbonyl (C=O) groups is 1. The highest BCUT2D eigenvalue weighted by atomic mass is 16.5. The number of ether oxygens (including phenoxy) is 2. The van der Waals surface area contributed by atoms with E-state index in [1.54, 1.807) is 6.07 Å². The molecule has 2 N–H and O–H groups in total. The van der Waals surface area contributed by atoms with Crippen molar-refractivity contribution < 1.29 is 19.4 Å². The van der Waals surface area contributed by atoms with Gasteiger partial charge in [0.25, 0.3) is 0 Å². The zero-order valence-electron chi connectivity index (χ0n) is 12.6. The van der Waals surface area contributed by atoms with Crippen LogP contribution in [0.2, 0.25) is 0 Å². The Balaban J connectivity index is 2.07. The smallest absolute Gasteiger partial charge is 0.327 e. The third-order valence-corrected chi connectivity index (χ3v) is 3.73. The Labute approximate surface area is 125 Å². The Kier molecular flexibility index (Phi) is 5.07. The van der Waals surface area contributed by atoms with Crippen LogP contribution in [-0.4, -0.2) is 36.4 Å². The fourth-order valence-electron chi connectivity index (χ4n) is 2.53. The van der Waals surface area contributed by atoms with Gasteiger partial charge in [0.15, 0.2) is 5.54 Å². The predicted octanol–water partition coefficient (Wildman–Crippen LogP) is 2.31. The SMILES string of the molecule is CCNC(COc1cccc(OCC)c1)(C(=O)O)C1CC1. The van der Waals surface area contributed by atoms with E-state index in [0.717, 1.165) is 18.6 Å². The topological polar surface area (TPSA) is 67.8 Å². The highest BCUT2D eigenvalue weighted by Crippen LogP contribution is 2.40. The zero-order valence-corrected chi connectivity index (χ0v) is 12.6. The van der Waals surface area contributed by atoms with Gasteiger partial charge in [-0.2, -0.15) is 0 Å². The molecule has 0 spiro atoms. The molecule has 1 aromatic carbocycles. The van der Waals surface area contributed by atoms with E-state index in [2.05, 4.69) is 5.32 Å². The molecule has 1 atom stereocenters. The van der Waals surface area contributed by atoms with Crippen LogP contribution in [0.5, 0.6) is 11.5 Å². The van der Waals surface area contributed by atoms with Crippen LogP contribution in [0, 0.1) is 5.92 Å². The molecule has 116 valence electrons. The third-order valence-electron chi connectivity index (χ3n) is 3.73. The summed E-state index contributed by atoms with van der Waals surface area (Å²) >= 11 is 0. The highest BCUT2D eigenvalue weighted by Gasteiger charge is 2.51. The molecule has 0 aliphatic heterocycles. The Hall–Kier alpha value is -1.75. The molecule has 1 aromatic rings. The lowest BCUT2D eigenvalue weighted by atomic mass is 9.94. The second-order valence-corrected chi connectivity index (χ2v) is 5.28. The fourth-order valence-corrected chi connectivity index (χ4v) is 2.53. The van der Waals surface area contributed by atoms with Gasteiger partial charge in [-0.05, 0) is 44.4 Å². The van der Waals surface area contributed by atoms with E-state index >= 15 is 0 Å². The van der Waals surface area contributed by atoms with Crippen molar-refractivity contribution in [3.05, 3.63) is 24.3 Å². The molecular formula is C16H23NO4. The molecular weight excluding hydrogens is 270 g/mol. The third kappa shape index (κ3) is 3.67. The number of likely N-dealkylation sites (N-methyl/N-ethyl adjacent to an activating group) is 1. The largest absolute Gasteiger partial charge is 0.494 e. The molecule has 0 amide bonds. The average Bonchev–Trinajstić information content (AvgIpc) is 3.29. The molecule has 0 radical (unpaired) electrons. The first-order chi connectivity index (χ1) is 10.1. The fraction of sp³-hybridized carbons (Fsp3) is 0.562. The molecule has 1 fully saturated rings. The molecule has 0 heterocycles. The number of nitrogens with one attached hydrogen (secondary N) is 1. The monoisotopic (exact) mass is 293 g/mol. The number of carboxylic acid groups (broad SMARTS) is 1. The Morgan fingerprint density at radius 2 is 2.00 bits per heavy atom. The van der Waals surface area contributed by atoms with E-state index in [4.69, 9.17) is 9.47 Å². The van der Waals surface area contributed by atoms with Crippen molar-refractivity contribution in [1.29, 1.82) is 0 Å². The maximum absolute atomic E-state index is 11.7. The Morgan fingerprint density at radius 3 is 2.52 bits per heavy atom. The normalized spacial score (nSPS) is 17.0. The van der Waals surface area contributed by atoms with Crippen LogP contribution in [0.15, 0.2) is 24.3 Å². The maximum atomic E-state index is 11.7. The molecule has 5 nitrogen and oxygen atoms in total. The van der Waals surface area contributed by atoms with Gasteiger partial charge >= 0.3 is 5.97 Å². The zero-order chi connectivity index (χ0) is 15.3. The maximum Gasteiger partial charge on any atom is 0.327 e. The van der Waals surface area contributed by atoms with Crippen molar-refractivity contribution in [1.82, 2.24) is 5.32 Å². The number of aliphatic carboxylic acids is 1. The van der Waals surface area contributed by atoms with Gasteiger partial charge in [-0.25, -0.2) is 0 Å². The van der Waals surface area contributed by atoms with Crippen molar-refractivity contribution in [2.75, 3.05) is 19.8 Å². The summed E-state index contributed by atoms with van der Waals surface area (Å²) in [6, 6.07) is 7.29. The van der Waals surface area contributed by atoms with E-state index < -0.39 is 11.5 Å². The van der Waals surface area contributed by atoms with Gasteiger partial charge in [0.05, 0.1) is 6.61 Å². The van der Waals surface area contributed by atoms with E-state index in [1.807, 2.05) is 32.0 Å². The van der Waals surface area contributed by atoms with Crippen LogP contribution in [-0.2, 0) is 4.79 Å². The number of hydrogen-bond donors (Lipinski definition) is 2. The Bertz CT molecular complexity index is 487. The van der Waals surface area contributed by atoms with Crippen LogP contribution >= 0.6 is 0 Å². The van der Waals surface area contributed by atoms with E-state index in [-0.39, 0.29) is 12.5 Å². The van der Waals surface area contributed by atoms with Gasteiger partial charge in [-0.1, -0.05) is 13.0 Å². The number of rotatable bonds is 9. The average molecular weight is 293 g/mol. The van der Waals surface area contributed by atoms with E-state index in [9.17, 15) is 9.90 Å². The summed E-state index contributed by atoms with van der Waals surface area (Å²) in [5, 5.41) is 12.7. The van der Waals surface area contributed by atoms with Crippen molar-refractivity contribution in [2.45, 2.75) is 32.2 Å². The lowest BCUT2D eigenvalue weighted by Crippen LogP contribution is -2.58. The summed E-state index contributed by atoms with van der Waals surface area (Å²) in [4.78, 5) is 11.7. The molecule has 2 rings (SSSR count). The summed E-state index contributed by atoms with van der Waals surface area (Å²) in [6.07, 6.45) is 1.86. The van der Waals surface area contributed by atoms with Gasteiger partial charge in [-0.15, -0.1) is 0 Å². The highest BCUT2D eigenvalue weighted by molar-refractivity contribution is 5.80. The number of carboxylic acids is 1. The van der Waals surface area contributed by atoms with Crippen molar-refractivity contribution >= 4 is 5.97 Å². The van der Waals surface area contributed by atoms with Gasteiger partial charge in [0.2, 0.25) is 0 Å². The molecule has 21 heavy (non-hydrogen) atoms. The lowest BCUT2D eigenvalue weighted by Gasteiger charge is -2.30. The predicted molar refractivity (Wildman–Crippen MR) is 79.9 cm³/mol. The second-order valence-electron chi connectivity index (χ2n) is 5.28. The molecule has 1 unspecified atom stereocenters. The Morgan fingerprint density at radius 1 is 1.33 bits per heavy atom. The van der Waals surface area contributed by atoms with Crippen LogP contribution < -0.4 is 14.8 Å². The first-order valence-corrected chi connectivity index (χ1v) is 7.46. The standard InChI is InChI=1S/C16H23NO4/c1-3-17-16(15(18)19,12-8-9-12)11-21-14-7-5-6-13(10-14)20-4-2/h5-7,10,12,17H,3-4,8-9,11H2,1-2H3,(H,18,19). The first kappa shape index (κ1) is 15.6. The summed E-state index contributed by atoms with van der Waals surface area (Å²) in [7, 11) is 0. The van der Waals surface area contributed by atoms with Crippen LogP contribution in [0.3, 0.4) is 0 Å². The molecule has 0 saturated heterocycles. The van der Waals surface area contributed by atoms with Crippen LogP contribution in [0.1, 0.15) is 26.7 Å². The summed E-state index contributed by atoms with van der Waals surface area (Å²) in [5.41, 5.74) is -0.990. The van der Waals surface area contributed by atoms with E-state index in [1.165, 1.54) is 0 Å². The van der Waals surface area contributed by atoms with Gasteiger partial charge in [-0.3, -0.25) is 10.1 Å². The summed E-state index contributed by atoms with van der Waals surface area (Å²) in [6.45, 7) is 5.14. The summed E-state index contributed by atoms with van der Waals surface area (Å²) in [5.74, 6) is 0.661. The first-order valence-electron chi connectivity index (χ1n) is 7.46. The number of hydrogen-bond acceptors (Lipinski definition) is 4. The molecule has 0 bridgehead atoms. The lowest BCUT2D eigenvalue weighted by molar-refractivity contribution is -0.147. The quantitative estimate of drug-likeness (QED) is 0.731. The molecule has 1 saturated carbocycles. The van der Waals surface area contributed by atoms with Crippen molar-refractivity contribution in [3.8, 4) is 11.5 Å². The summed E-state index contributed by atoms with van der Waals surface area (Å²) < 4.78 is 11.2. The van der Waals surface area contributed by atoms with Crippen LogP contribution in [0.25, 0.3) is 0 Å². The minimum atomic E-state index is -0.990. The van der Waals surface area contributed by atoms with Gasteiger partial charge < -0.3 is 14.6 Å². The molecule has 0 aromatic heterocycles. The van der Waals surface area contributed by atoms with Crippen LogP contribution in [0.4, 0.5) is 0 Å². The van der Waals surface area contributed by atoms with E-state index in [0.29, 0.717) is 18.9 Å². The second kappa shape index (κ2) is 6.80.